The number of para-hydroxylation sites is 1. The monoisotopic (exact) mass is 478 g/mol. The van der Waals surface area contributed by atoms with Gasteiger partial charge in [-0.05, 0) is 50.1 Å². The van der Waals surface area contributed by atoms with E-state index in [0.29, 0.717) is 12.0 Å². The second kappa shape index (κ2) is 13.6. The highest BCUT2D eigenvalue weighted by molar-refractivity contribution is 7.48. The van der Waals surface area contributed by atoms with Gasteiger partial charge in [0.15, 0.2) is 0 Å². The molecule has 0 aliphatic carbocycles. The third kappa shape index (κ3) is 8.90. The van der Waals surface area contributed by atoms with Crippen LogP contribution in [0.1, 0.15) is 49.0 Å². The van der Waals surface area contributed by atoms with Crippen LogP contribution in [0.25, 0.3) is 0 Å². The van der Waals surface area contributed by atoms with Crippen molar-refractivity contribution in [3.63, 3.8) is 0 Å². The van der Waals surface area contributed by atoms with E-state index < -0.39 is 19.8 Å². The van der Waals surface area contributed by atoms with E-state index in [0.717, 1.165) is 6.29 Å². The molecule has 0 heterocycles. The van der Waals surface area contributed by atoms with Gasteiger partial charge in [0.2, 0.25) is 0 Å². The van der Waals surface area contributed by atoms with Crippen molar-refractivity contribution in [1.82, 2.24) is 0 Å². The first kappa shape index (κ1) is 26.4. The molecule has 0 amide bonds. The molecule has 2 aromatic carbocycles. The second-order valence-corrected chi connectivity index (χ2v) is 8.29. The summed E-state index contributed by atoms with van der Waals surface area (Å²) in [6, 6.07) is 12.6. The van der Waals surface area contributed by atoms with Crippen molar-refractivity contribution >= 4 is 26.0 Å². The zero-order valence-electron chi connectivity index (χ0n) is 18.6. The van der Waals surface area contributed by atoms with E-state index in [2.05, 4.69) is 0 Å². The van der Waals surface area contributed by atoms with E-state index in [4.69, 9.17) is 23.0 Å². The molecule has 0 atom stereocenters. The summed E-state index contributed by atoms with van der Waals surface area (Å²) in [7, 11) is -3.63. The van der Waals surface area contributed by atoms with E-state index in [1.807, 2.05) is 0 Å². The fraction of sp³-hybridized carbons (Fsp3) is 0.348. The number of carbonyl (C=O) groups excluding carboxylic acids is 3. The van der Waals surface area contributed by atoms with Crippen LogP contribution in [0.2, 0.25) is 0 Å². The van der Waals surface area contributed by atoms with Gasteiger partial charge in [0, 0.05) is 12.8 Å². The van der Waals surface area contributed by atoms with Crippen molar-refractivity contribution in [2.45, 2.75) is 39.7 Å². The Labute approximate surface area is 192 Å². The lowest BCUT2D eigenvalue weighted by Crippen LogP contribution is -2.14. The minimum absolute atomic E-state index is 0.0195. The summed E-state index contributed by atoms with van der Waals surface area (Å²) >= 11 is 0. The smallest absolute Gasteiger partial charge is 0.426 e. The van der Waals surface area contributed by atoms with E-state index in [9.17, 15) is 18.9 Å². The van der Waals surface area contributed by atoms with Crippen molar-refractivity contribution in [2.24, 2.45) is 0 Å². The Kier molecular flexibility index (Phi) is 10.9. The van der Waals surface area contributed by atoms with Gasteiger partial charge in [-0.2, -0.15) is 0 Å². The Hall–Kier alpha value is -2.84. The first-order chi connectivity index (χ1) is 15.9. The average Bonchev–Trinajstić information content (AvgIpc) is 2.79. The third-order valence-electron chi connectivity index (χ3n) is 4.13. The van der Waals surface area contributed by atoms with Crippen LogP contribution < -0.4 is 9.47 Å². The Morgan fingerprint density at radius 3 is 2.21 bits per heavy atom. The number of carbonyl (C=O) groups is 3. The summed E-state index contributed by atoms with van der Waals surface area (Å²) < 4.78 is 38.4. The highest BCUT2D eigenvalue weighted by Crippen LogP contribution is 2.49. The molecule has 178 valence electrons. The molecule has 0 saturated carbocycles. The molecule has 0 bridgehead atoms. The molecule has 2 aromatic rings. The Bertz CT molecular complexity index is 962. The number of phosphoric ester groups is 1. The molecule has 0 aliphatic rings. The minimum Gasteiger partial charge on any atom is -0.426 e. The summed E-state index contributed by atoms with van der Waals surface area (Å²) in [5, 5.41) is 0. The molecule has 0 aliphatic heterocycles. The maximum atomic E-state index is 12.6. The van der Waals surface area contributed by atoms with Crippen LogP contribution in [0.15, 0.2) is 48.5 Å². The number of hydrogen-bond acceptors (Lipinski definition) is 9. The van der Waals surface area contributed by atoms with Crippen LogP contribution in [0.5, 0.6) is 11.5 Å². The molecule has 2 rings (SSSR count). The maximum Gasteiger partial charge on any atom is 0.475 e. The van der Waals surface area contributed by atoms with Crippen LogP contribution in [-0.2, 0) is 34.3 Å². The zero-order valence-corrected chi connectivity index (χ0v) is 19.5. The normalized spacial score (nSPS) is 11.1. The van der Waals surface area contributed by atoms with Crippen molar-refractivity contribution in [2.75, 3.05) is 13.2 Å². The van der Waals surface area contributed by atoms with Gasteiger partial charge >= 0.3 is 19.8 Å². The molecule has 0 N–H and O–H groups in total. The number of esters is 2. The molecule has 9 nitrogen and oxygen atoms in total. The first-order valence-electron chi connectivity index (χ1n) is 10.5. The highest BCUT2D eigenvalue weighted by Gasteiger charge is 2.25. The summed E-state index contributed by atoms with van der Waals surface area (Å²) in [6.07, 6.45) is 1.42. The van der Waals surface area contributed by atoms with Gasteiger partial charge < -0.3 is 14.3 Å². The van der Waals surface area contributed by atoms with Crippen LogP contribution in [-0.4, -0.2) is 31.4 Å². The molecular weight excluding hydrogens is 451 g/mol. The predicted molar refractivity (Wildman–Crippen MR) is 119 cm³/mol. The molecule has 0 unspecified atom stereocenters. The van der Waals surface area contributed by atoms with Gasteiger partial charge in [0.05, 0.1) is 19.8 Å². The highest BCUT2D eigenvalue weighted by atomic mass is 31.2. The molecule has 0 fully saturated rings. The predicted octanol–water partition coefficient (Wildman–Crippen LogP) is 4.88. The quantitative estimate of drug-likeness (QED) is 0.123. The van der Waals surface area contributed by atoms with E-state index in [1.165, 1.54) is 12.1 Å². The van der Waals surface area contributed by atoms with Crippen LogP contribution in [0.3, 0.4) is 0 Å². The fourth-order valence-electron chi connectivity index (χ4n) is 2.63. The van der Waals surface area contributed by atoms with Crippen molar-refractivity contribution in [3.8, 4) is 11.5 Å². The van der Waals surface area contributed by atoms with Gasteiger partial charge in [0.25, 0.3) is 0 Å². The van der Waals surface area contributed by atoms with Crippen molar-refractivity contribution < 1.29 is 42.0 Å². The number of hydrogen-bond donors (Lipinski definition) is 0. The van der Waals surface area contributed by atoms with E-state index in [-0.39, 0.29) is 49.7 Å². The number of rotatable bonds is 14. The van der Waals surface area contributed by atoms with Crippen molar-refractivity contribution in [1.29, 1.82) is 0 Å². The lowest BCUT2D eigenvalue weighted by molar-refractivity contribution is -0.134. The fourth-order valence-corrected chi connectivity index (χ4v) is 3.79. The first-order valence-corrected chi connectivity index (χ1v) is 11.9. The lowest BCUT2D eigenvalue weighted by atomic mass is 10.2. The molecular formula is C23H27O9P. The second-order valence-electron chi connectivity index (χ2n) is 6.62. The Morgan fingerprint density at radius 1 is 0.909 bits per heavy atom. The van der Waals surface area contributed by atoms with Gasteiger partial charge in [-0.3, -0.25) is 18.4 Å². The van der Waals surface area contributed by atoms with Gasteiger partial charge in [-0.25, -0.2) is 9.36 Å². The standard InChI is InChI=1S/C23H27O9P/c1-3-28-33(27,29-4-2)30-17-18-12-14-19(15-13-18)31-23(26)20-9-5-6-10-21(20)32-22(25)11-7-8-16-24/h5-6,9-10,12-16H,3-4,7-8,11,17H2,1-2H3. The molecule has 10 heteroatoms. The van der Waals surface area contributed by atoms with Gasteiger partial charge in [-0.15, -0.1) is 0 Å². The summed E-state index contributed by atoms with van der Waals surface area (Å²) in [4.78, 5) is 34.9. The number of benzene rings is 2. The number of phosphoric acid groups is 1. The van der Waals surface area contributed by atoms with Crippen LogP contribution in [0.4, 0.5) is 0 Å². The van der Waals surface area contributed by atoms with Gasteiger partial charge in [-0.1, -0.05) is 24.3 Å². The topological polar surface area (TPSA) is 114 Å². The largest absolute Gasteiger partial charge is 0.475 e. The lowest BCUT2D eigenvalue weighted by Gasteiger charge is -2.16. The number of aldehydes is 1. The summed E-state index contributed by atoms with van der Waals surface area (Å²) in [5.41, 5.74) is 0.752. The van der Waals surface area contributed by atoms with Gasteiger partial charge in [0.1, 0.15) is 23.3 Å². The molecule has 0 aromatic heterocycles. The molecule has 0 radical (unpaired) electrons. The van der Waals surface area contributed by atoms with Crippen molar-refractivity contribution in [3.05, 3.63) is 59.7 Å². The average molecular weight is 478 g/mol. The van der Waals surface area contributed by atoms with Crippen LogP contribution in [0, 0.1) is 0 Å². The molecule has 0 saturated heterocycles. The number of ether oxygens (including phenoxy) is 2. The van der Waals surface area contributed by atoms with E-state index >= 15 is 0 Å². The molecule has 0 spiro atoms. The SMILES string of the molecule is CCOP(=O)(OCC)OCc1ccc(OC(=O)c2ccccc2OC(=O)CCCC=O)cc1. The van der Waals surface area contributed by atoms with E-state index in [1.54, 1.807) is 50.2 Å². The summed E-state index contributed by atoms with van der Waals surface area (Å²) in [6.45, 7) is 3.72. The number of unbranched alkanes of at least 4 members (excludes halogenated alkanes) is 1. The Morgan fingerprint density at radius 2 is 1.58 bits per heavy atom. The third-order valence-corrected chi connectivity index (χ3v) is 5.73. The van der Waals surface area contributed by atoms with Crippen LogP contribution >= 0.6 is 7.82 Å². The Balaban J connectivity index is 1.99. The molecule has 33 heavy (non-hydrogen) atoms. The minimum atomic E-state index is -3.63. The maximum absolute atomic E-state index is 12.6. The zero-order chi connectivity index (χ0) is 24.1. The summed E-state index contributed by atoms with van der Waals surface area (Å²) in [5.74, 6) is -0.912.